The second-order valence-electron chi connectivity index (χ2n) is 6.77. The van der Waals surface area contributed by atoms with Gasteiger partial charge in [-0.25, -0.2) is 20.7 Å². The first-order valence-electron chi connectivity index (χ1n) is 9.15. The quantitative estimate of drug-likeness (QED) is 0.386. The number of carbonyl (C=O) groups is 4. The molecule has 2 fully saturated rings. The number of benzene rings is 1. The van der Waals surface area contributed by atoms with Crippen molar-refractivity contribution in [2.24, 2.45) is 5.84 Å². The maximum atomic E-state index is 13.2. The Balaban J connectivity index is 1.89. The molecule has 11 heteroatoms. The van der Waals surface area contributed by atoms with Crippen LogP contribution in [0.1, 0.15) is 25.7 Å². The summed E-state index contributed by atoms with van der Waals surface area (Å²) in [4.78, 5) is 50.5. The van der Waals surface area contributed by atoms with E-state index in [4.69, 9.17) is 5.84 Å². The van der Waals surface area contributed by atoms with Gasteiger partial charge in [-0.3, -0.25) is 19.4 Å². The number of anilines is 1. The molecule has 2 saturated heterocycles. The molecule has 2 aliphatic heterocycles. The Morgan fingerprint density at radius 2 is 2.07 bits per heavy atom. The molecule has 0 spiro atoms. The lowest BCUT2D eigenvalue weighted by atomic mass is 10.1. The molecule has 1 aromatic rings. The van der Waals surface area contributed by atoms with Crippen molar-refractivity contribution >= 4 is 45.4 Å². The van der Waals surface area contributed by atoms with Gasteiger partial charge in [-0.15, -0.1) is 0 Å². The zero-order valence-electron chi connectivity index (χ0n) is 15.8. The van der Waals surface area contributed by atoms with Crippen LogP contribution in [0.3, 0.4) is 0 Å². The number of carbonyl (C=O) groups excluding carboxylic acids is 4. The average molecular weight is 468 g/mol. The molecule has 3 N–H and O–H groups in total. The summed E-state index contributed by atoms with van der Waals surface area (Å²) < 4.78 is 5.31. The number of halogens is 1. The molecule has 0 aliphatic carbocycles. The summed E-state index contributed by atoms with van der Waals surface area (Å²) in [6.07, 6.45) is 0.307. The van der Waals surface area contributed by atoms with E-state index < -0.39 is 30.0 Å². The molecule has 2 heterocycles. The molecular formula is C18H22BrN5O5. The fourth-order valence-electron chi connectivity index (χ4n) is 3.51. The number of nitrogens with one attached hydrogen (secondary N) is 1. The summed E-state index contributed by atoms with van der Waals surface area (Å²) in [6, 6.07) is 4.95. The molecule has 29 heavy (non-hydrogen) atoms. The number of rotatable bonds is 3. The van der Waals surface area contributed by atoms with Crippen LogP contribution in [0.2, 0.25) is 0 Å². The van der Waals surface area contributed by atoms with E-state index >= 15 is 0 Å². The normalized spacial score (nSPS) is 21.9. The number of methoxy groups -OCH3 is 1. The van der Waals surface area contributed by atoms with E-state index in [1.165, 1.54) is 12.1 Å². The number of amides is 4. The monoisotopic (exact) mass is 467 g/mol. The maximum absolute atomic E-state index is 13.2. The molecule has 4 amide bonds. The summed E-state index contributed by atoms with van der Waals surface area (Å²) in [5.74, 6) is 4.71. The van der Waals surface area contributed by atoms with E-state index in [2.05, 4.69) is 26.0 Å². The van der Waals surface area contributed by atoms with Gasteiger partial charge in [-0.05, 0) is 37.5 Å². The Labute approximate surface area is 176 Å². The predicted octanol–water partition coefficient (Wildman–Crippen LogP) is 0.909. The van der Waals surface area contributed by atoms with E-state index in [-0.39, 0.29) is 18.7 Å². The Bertz CT molecular complexity index is 835. The Morgan fingerprint density at radius 1 is 1.31 bits per heavy atom. The average Bonchev–Trinajstić information content (AvgIpc) is 2.84. The standard InChI is InChI=1S/C18H22BrN5O5/c1-29-18(28)21-13-7-8-15(25)22-9-3-6-14(24(22)16(13)26)17(27)23(20)12-5-2-4-11(19)10-12/h2,4-5,10,13-14H,3,6-9,20H2,1H3,(H,21,28)/t13-,14-/m0/s1. The fraction of sp³-hybridized carbons (Fsp3) is 0.444. The van der Waals surface area contributed by atoms with Crippen LogP contribution < -0.4 is 16.2 Å². The highest BCUT2D eigenvalue weighted by atomic mass is 79.9. The third-order valence-electron chi connectivity index (χ3n) is 4.95. The van der Waals surface area contributed by atoms with Crippen molar-refractivity contribution in [3.05, 3.63) is 28.7 Å². The predicted molar refractivity (Wildman–Crippen MR) is 106 cm³/mol. The first-order valence-corrected chi connectivity index (χ1v) is 9.95. The van der Waals surface area contributed by atoms with Gasteiger partial charge in [0.2, 0.25) is 5.91 Å². The lowest BCUT2D eigenvalue weighted by molar-refractivity contribution is -0.175. The summed E-state index contributed by atoms with van der Waals surface area (Å²) in [5, 5.41) is 5.87. The third kappa shape index (κ3) is 4.35. The molecule has 0 aromatic heterocycles. The van der Waals surface area contributed by atoms with Gasteiger partial charge in [-0.1, -0.05) is 22.0 Å². The van der Waals surface area contributed by atoms with Crippen molar-refractivity contribution in [3.63, 3.8) is 0 Å². The summed E-state index contributed by atoms with van der Waals surface area (Å²) in [7, 11) is 1.19. The van der Waals surface area contributed by atoms with Crippen LogP contribution in [-0.4, -0.2) is 59.6 Å². The first-order chi connectivity index (χ1) is 13.8. The second-order valence-corrected chi connectivity index (χ2v) is 7.69. The second kappa shape index (κ2) is 8.78. The first kappa shape index (κ1) is 21.1. The van der Waals surface area contributed by atoms with E-state index in [1.54, 1.807) is 24.3 Å². The molecule has 0 bridgehead atoms. The number of nitrogens with zero attached hydrogens (tertiary/aromatic N) is 3. The van der Waals surface area contributed by atoms with E-state index in [0.717, 1.165) is 14.5 Å². The van der Waals surface area contributed by atoms with Crippen LogP contribution in [0.4, 0.5) is 10.5 Å². The minimum atomic E-state index is -0.970. The van der Waals surface area contributed by atoms with Crippen molar-refractivity contribution in [2.45, 2.75) is 37.8 Å². The molecule has 0 saturated carbocycles. The number of alkyl carbamates (subject to hydrolysis) is 1. The molecular weight excluding hydrogens is 446 g/mol. The van der Waals surface area contributed by atoms with Crippen molar-refractivity contribution in [2.75, 3.05) is 18.7 Å². The summed E-state index contributed by atoms with van der Waals surface area (Å²) >= 11 is 3.33. The molecule has 0 radical (unpaired) electrons. The lowest BCUT2D eigenvalue weighted by Gasteiger charge is -2.43. The van der Waals surface area contributed by atoms with Gasteiger partial charge >= 0.3 is 6.09 Å². The molecule has 10 nitrogen and oxygen atoms in total. The lowest BCUT2D eigenvalue weighted by Crippen LogP contribution is -2.64. The topological polar surface area (TPSA) is 125 Å². The number of fused-ring (bicyclic) bond motifs is 1. The van der Waals surface area contributed by atoms with Crippen LogP contribution in [0.25, 0.3) is 0 Å². The number of hydrogen-bond acceptors (Lipinski definition) is 6. The molecule has 2 atom stereocenters. The van der Waals surface area contributed by atoms with Crippen LogP contribution in [0, 0.1) is 0 Å². The summed E-state index contributed by atoms with van der Waals surface area (Å²) in [5.41, 5.74) is 0.444. The zero-order valence-corrected chi connectivity index (χ0v) is 17.4. The largest absolute Gasteiger partial charge is 0.453 e. The van der Waals surface area contributed by atoms with E-state index in [0.29, 0.717) is 25.1 Å². The number of hydrazine groups is 2. The molecule has 3 rings (SSSR count). The number of nitrogens with two attached hydrogens (primary N) is 1. The molecule has 1 aromatic carbocycles. The van der Waals surface area contributed by atoms with E-state index in [1.807, 2.05) is 0 Å². The van der Waals surface area contributed by atoms with Gasteiger partial charge in [0.05, 0.1) is 12.8 Å². The Morgan fingerprint density at radius 3 is 2.76 bits per heavy atom. The third-order valence-corrected chi connectivity index (χ3v) is 5.44. The highest BCUT2D eigenvalue weighted by Crippen LogP contribution is 2.27. The van der Waals surface area contributed by atoms with Crippen LogP contribution in [0.15, 0.2) is 28.7 Å². The van der Waals surface area contributed by atoms with Crippen LogP contribution in [0.5, 0.6) is 0 Å². The minimum Gasteiger partial charge on any atom is -0.453 e. The van der Waals surface area contributed by atoms with Crippen molar-refractivity contribution < 1.29 is 23.9 Å². The summed E-state index contributed by atoms with van der Waals surface area (Å²) in [6.45, 7) is 0.320. The van der Waals surface area contributed by atoms with Crippen LogP contribution >= 0.6 is 15.9 Å². The smallest absolute Gasteiger partial charge is 0.407 e. The fourth-order valence-corrected chi connectivity index (χ4v) is 3.89. The van der Waals surface area contributed by atoms with Crippen molar-refractivity contribution in [1.29, 1.82) is 0 Å². The van der Waals surface area contributed by atoms with Gasteiger partial charge in [0, 0.05) is 17.4 Å². The number of ether oxygens (including phenoxy) is 1. The van der Waals surface area contributed by atoms with Crippen molar-refractivity contribution in [1.82, 2.24) is 15.3 Å². The van der Waals surface area contributed by atoms with E-state index in [9.17, 15) is 19.2 Å². The Kier molecular flexibility index (Phi) is 6.38. The van der Waals surface area contributed by atoms with Gasteiger partial charge in [0.25, 0.3) is 11.8 Å². The molecule has 0 unspecified atom stereocenters. The van der Waals surface area contributed by atoms with Gasteiger partial charge in [-0.2, -0.15) is 0 Å². The molecule has 156 valence electrons. The highest BCUT2D eigenvalue weighted by molar-refractivity contribution is 9.10. The van der Waals surface area contributed by atoms with Gasteiger partial charge in [0.15, 0.2) is 0 Å². The maximum Gasteiger partial charge on any atom is 0.407 e. The van der Waals surface area contributed by atoms with Gasteiger partial charge < -0.3 is 10.1 Å². The van der Waals surface area contributed by atoms with Gasteiger partial charge in [0.1, 0.15) is 12.1 Å². The zero-order chi connectivity index (χ0) is 21.1. The highest BCUT2D eigenvalue weighted by Gasteiger charge is 2.45. The number of hydrogen-bond donors (Lipinski definition) is 2. The minimum absolute atomic E-state index is 0.0653. The molecule has 2 aliphatic rings. The Hall–Kier alpha value is -2.66. The van der Waals surface area contributed by atoms with Crippen LogP contribution in [-0.2, 0) is 19.1 Å². The SMILES string of the molecule is COC(=O)N[C@H]1CCC(=O)N2CCC[C@@H](C(=O)N(N)c3cccc(Br)c3)N2C1=O. The van der Waals surface area contributed by atoms with Crippen molar-refractivity contribution in [3.8, 4) is 0 Å².